The molecule has 774 valence electrons. The van der Waals surface area contributed by atoms with Crippen molar-refractivity contribution in [2.24, 2.45) is 25.5 Å². The van der Waals surface area contributed by atoms with Gasteiger partial charge in [0.05, 0.1) is 144 Å². The van der Waals surface area contributed by atoms with E-state index in [1.165, 1.54) is 14.6 Å². The number of aryl methyl sites for hydroxylation is 7. The number of nitrogens with one attached hydrogen (secondary N) is 6. The molecule has 5 fully saturated rings. The molecule has 0 atom stereocenters. The van der Waals surface area contributed by atoms with Gasteiger partial charge in [-0.15, -0.1) is 34.0 Å². The van der Waals surface area contributed by atoms with Crippen molar-refractivity contribution in [1.29, 1.82) is 0 Å². The molecule has 5 aliphatic heterocycles. The van der Waals surface area contributed by atoms with Crippen LogP contribution >= 0.6 is 34.0 Å². The normalized spacial score (nSPS) is 14.7. The van der Waals surface area contributed by atoms with Crippen LogP contribution in [0.15, 0.2) is 168 Å². The van der Waals surface area contributed by atoms with Crippen LogP contribution in [0.25, 0.3) is 0 Å². The number of hydrogen-bond donors (Lipinski definition) is 8. The lowest BCUT2D eigenvalue weighted by atomic mass is 10.2. The van der Waals surface area contributed by atoms with E-state index in [0.717, 1.165) is 157 Å². The molecule has 0 amide bonds. The van der Waals surface area contributed by atoms with Crippen molar-refractivity contribution >= 4 is 121 Å². The molecular formula is C101H133N27O14S3. The van der Waals surface area contributed by atoms with E-state index in [1.807, 2.05) is 138 Å². The second-order valence-electron chi connectivity index (χ2n) is 34.7. The van der Waals surface area contributed by atoms with Crippen LogP contribution in [0.5, 0.6) is 29.8 Å². The molecule has 0 bridgehead atoms. The highest BCUT2D eigenvalue weighted by molar-refractivity contribution is 7.16. The average Bonchev–Trinajstić information content (AvgIpc) is 1.80. The van der Waals surface area contributed by atoms with Gasteiger partial charge in [0, 0.05) is 171 Å². The summed E-state index contributed by atoms with van der Waals surface area (Å²) in [5, 5.41) is 47.2. The number of rotatable bonds is 41. The van der Waals surface area contributed by atoms with Crippen molar-refractivity contribution in [2.75, 3.05) is 230 Å². The minimum Gasteiger partial charge on any atom is -0.477 e. The molecule has 0 radical (unpaired) electrons. The molecule has 17 rings (SSSR count). The molecule has 44 heteroatoms. The second kappa shape index (κ2) is 57.2. The van der Waals surface area contributed by atoms with Gasteiger partial charge in [-0.2, -0.15) is 60.4 Å². The summed E-state index contributed by atoms with van der Waals surface area (Å²) in [6.45, 7) is 38.0. The molecular weight excluding hydrogens is 1910 g/mol. The molecule has 0 spiro atoms. The van der Waals surface area contributed by atoms with E-state index in [4.69, 9.17) is 56.2 Å². The van der Waals surface area contributed by atoms with Gasteiger partial charge in [0.2, 0.25) is 29.5 Å². The molecule has 0 unspecified atom stereocenters. The average molecular weight is 2050 g/mol. The van der Waals surface area contributed by atoms with Crippen LogP contribution < -0.4 is 80.6 Å². The molecule has 145 heavy (non-hydrogen) atoms. The molecule has 0 aromatic carbocycles. The lowest BCUT2D eigenvalue weighted by molar-refractivity contribution is 0.0249. The summed E-state index contributed by atoms with van der Waals surface area (Å²) in [5.74, 6) is 6.52. The Morgan fingerprint density at radius 1 is 0.386 bits per heavy atom. The highest BCUT2D eigenvalue weighted by Gasteiger charge is 2.25. The van der Waals surface area contributed by atoms with E-state index in [2.05, 4.69) is 176 Å². The van der Waals surface area contributed by atoms with Crippen LogP contribution in [0.4, 0.5) is 55.7 Å². The number of pyridine rings is 4. The third-order valence-corrected chi connectivity index (χ3v) is 25.3. The Labute approximate surface area is 857 Å². The number of anilines is 10. The van der Waals surface area contributed by atoms with Gasteiger partial charge in [0.1, 0.15) is 58.0 Å². The summed E-state index contributed by atoms with van der Waals surface area (Å²) in [5.41, 5.74) is 21.8. The maximum absolute atomic E-state index is 9.94. The fraction of sp³-hybridized carbons (Fsp3) is 0.446. The second-order valence-corrected chi connectivity index (χ2v) is 38.2. The van der Waals surface area contributed by atoms with Crippen LogP contribution in [0, 0.1) is 27.7 Å². The summed E-state index contributed by atoms with van der Waals surface area (Å²) in [6.07, 6.45) is 16.2. The van der Waals surface area contributed by atoms with Crippen molar-refractivity contribution < 1.29 is 66.4 Å². The first-order chi connectivity index (χ1) is 70.5. The fourth-order valence-electron chi connectivity index (χ4n) is 14.0. The Bertz CT molecular complexity index is 5710. The standard InChI is InChI=1S/C23H27N5O3.C22H26N6O3.C20H28N4O3S.C19H27N5O3S.C17H25N7O2S/c1-17-13-23(31-18(17)2)27-25-16-20-14-21(28-8-11-29-12-9-28)15-22(26-20)30-10-6-19-5-3-4-7-24-19;1-16-13-21(31-17(16)2)27-24-15-19-14-20(28-8-11-29-12-9-28)26-22(25-19)30-10-6-18-5-3-4-7-23-18;1-4-17-5-6-19(28-17)23-21-13-15-11-16(24-7-9-26-10-8-24)12-18(22-15)27-14-20(2,3)25;1-4-15-5-6-17(28-15)23-20-12-14-11-16(24-7-9-26-10-8-24)22-18(21-14)27-13-19(2,3)25;1-3-13-4-5-15(27-13)23-19-12-14-20-16(24-7-10-25-11-8-24)22-17(21-14)26-9-6-18-2/h3-5,7,13-16,27H,6,8-12H2,1-2H3;3-5,7,13-15,27H,6,8-12H2,1-2H3;5-6,11-13,23,25H,4,7-10,14H2,1-3H3;5-6,11-12,23,25H,4,7-10,13H2,1-3H3;4-5,12,18,23H,3,6-11H2,1-2H3/b25-16+;24-15+;21-13+;20-12+;19-12+. The molecule has 41 nitrogen and oxygen atoms in total. The number of furan rings is 2. The summed E-state index contributed by atoms with van der Waals surface area (Å²) in [7, 11) is 1.87. The highest BCUT2D eigenvalue weighted by Crippen LogP contribution is 2.31. The largest absolute Gasteiger partial charge is 0.477 e. The number of nitrogens with zero attached hydrogens (tertiary/aromatic N) is 21. The third kappa shape index (κ3) is 37.9. The maximum Gasteiger partial charge on any atom is 0.321 e. The topological polar surface area (TPSA) is 451 Å². The van der Waals surface area contributed by atoms with Gasteiger partial charge < -0.3 is 96.2 Å². The minimum atomic E-state index is -0.968. The molecule has 8 N–H and O–H groups in total. The monoisotopic (exact) mass is 2040 g/mol. The van der Waals surface area contributed by atoms with Crippen molar-refractivity contribution in [3.63, 3.8) is 0 Å². The third-order valence-electron chi connectivity index (χ3n) is 21.9. The van der Waals surface area contributed by atoms with Crippen LogP contribution in [-0.4, -0.2) is 285 Å². The van der Waals surface area contributed by atoms with E-state index in [9.17, 15) is 10.2 Å². The van der Waals surface area contributed by atoms with Gasteiger partial charge in [0.15, 0.2) is 5.82 Å². The number of hydrogen-bond acceptors (Lipinski definition) is 44. The van der Waals surface area contributed by atoms with Gasteiger partial charge in [-0.3, -0.25) is 26.2 Å². The molecule has 12 aromatic rings. The Hall–Kier alpha value is -13.5. The Kier molecular flexibility index (Phi) is 42.9. The van der Waals surface area contributed by atoms with Crippen molar-refractivity contribution in [3.8, 4) is 29.8 Å². The Balaban J connectivity index is 0.000000152. The van der Waals surface area contributed by atoms with Crippen molar-refractivity contribution in [1.82, 2.24) is 60.1 Å². The van der Waals surface area contributed by atoms with E-state index in [1.54, 1.807) is 105 Å². The molecule has 12 aromatic heterocycles. The SMILES string of the molecule is CCc1ccc(N/N=C/c2cc(N3CCOCC3)cc(OCC(C)(C)O)n2)s1.CCc1ccc(N/N=C/c2cc(N3CCOCC3)nc(OCC(C)(C)O)n2)s1.CCc1ccc(N/N=C/c2nc(OCCNC)nc(N3CCOCC3)n2)s1.Cc1cc(N/N=C/c2cc(N3CCOCC3)cc(OCCc3ccccn3)n2)oc1C.Cc1cc(N/N=C/c2cc(N3CCOCC3)nc(OCCc3ccccn3)n2)oc1C. The molecule has 0 aliphatic carbocycles. The van der Waals surface area contributed by atoms with Crippen LogP contribution in [0.3, 0.4) is 0 Å². The van der Waals surface area contributed by atoms with Crippen molar-refractivity contribution in [3.05, 3.63) is 211 Å². The minimum absolute atomic E-state index is 0.101. The maximum atomic E-state index is 9.94. The number of hydrazone groups is 5. The summed E-state index contributed by atoms with van der Waals surface area (Å²) < 4.78 is 67.1. The van der Waals surface area contributed by atoms with E-state index in [-0.39, 0.29) is 19.2 Å². The predicted octanol–water partition coefficient (Wildman–Crippen LogP) is 13.6. The predicted molar refractivity (Wildman–Crippen MR) is 571 cm³/mol. The van der Waals surface area contributed by atoms with Crippen molar-refractivity contribution in [2.45, 2.75) is 119 Å². The Morgan fingerprint density at radius 3 is 1.17 bits per heavy atom. The van der Waals surface area contributed by atoms with Crippen LogP contribution in [0.1, 0.15) is 126 Å². The lowest BCUT2D eigenvalue weighted by Gasteiger charge is -2.29. The molecule has 5 aliphatic rings. The van der Waals surface area contributed by atoms with Crippen LogP contribution in [-0.2, 0) is 55.8 Å². The fourth-order valence-corrected chi connectivity index (χ4v) is 16.4. The first kappa shape index (κ1) is 109. The zero-order valence-corrected chi connectivity index (χ0v) is 86.9. The first-order valence-corrected chi connectivity index (χ1v) is 51.0. The summed E-state index contributed by atoms with van der Waals surface area (Å²) in [6, 6.07) is 40.3. The number of morpholine rings is 5. The molecule has 0 saturated carbocycles. The molecule has 17 heterocycles. The smallest absolute Gasteiger partial charge is 0.321 e. The molecule has 5 saturated heterocycles. The Morgan fingerprint density at radius 2 is 0.766 bits per heavy atom. The number of aromatic nitrogens is 11. The number of aliphatic hydroxyl groups is 2. The zero-order chi connectivity index (χ0) is 102. The lowest BCUT2D eigenvalue weighted by Crippen LogP contribution is -2.37. The summed E-state index contributed by atoms with van der Waals surface area (Å²) >= 11 is 5.04. The van der Waals surface area contributed by atoms with Gasteiger partial charge in [-0.25, -0.2) is 20.8 Å². The quantitative estimate of drug-likeness (QED) is 0.0100. The van der Waals surface area contributed by atoms with E-state index >= 15 is 0 Å². The van der Waals surface area contributed by atoms with Crippen LogP contribution in [0.2, 0.25) is 0 Å². The van der Waals surface area contributed by atoms with E-state index in [0.29, 0.717) is 175 Å². The van der Waals surface area contributed by atoms with Gasteiger partial charge >= 0.3 is 18.0 Å². The highest BCUT2D eigenvalue weighted by atomic mass is 32.1. The number of ether oxygens (including phenoxy) is 10. The van der Waals surface area contributed by atoms with Gasteiger partial charge in [-0.05, 0) is 166 Å². The van der Waals surface area contributed by atoms with E-state index < -0.39 is 11.2 Å². The number of thiophene rings is 3. The van der Waals surface area contributed by atoms with Gasteiger partial charge in [-0.1, -0.05) is 32.9 Å². The van der Waals surface area contributed by atoms with Gasteiger partial charge in [0.25, 0.3) is 0 Å². The number of likely N-dealkylation sites (N-methyl/N-ethyl adjacent to an activating group) is 1. The summed E-state index contributed by atoms with van der Waals surface area (Å²) in [4.78, 5) is 63.7. The zero-order valence-electron chi connectivity index (χ0n) is 84.4. The first-order valence-electron chi connectivity index (χ1n) is 48.6.